The molecule has 1 fully saturated rings. The van der Waals surface area contributed by atoms with E-state index in [1.165, 1.54) is 0 Å². The summed E-state index contributed by atoms with van der Waals surface area (Å²) >= 11 is 1.69. The number of furan rings is 1. The molecule has 1 saturated heterocycles. The molecule has 1 aliphatic rings. The van der Waals surface area contributed by atoms with Crippen molar-refractivity contribution in [3.8, 4) is 0 Å². The number of urea groups is 1. The van der Waals surface area contributed by atoms with E-state index in [9.17, 15) is 9.59 Å². The van der Waals surface area contributed by atoms with Crippen LogP contribution < -0.4 is 0 Å². The number of amides is 2. The molecule has 1 N–H and O–H groups in total. The van der Waals surface area contributed by atoms with E-state index in [1.807, 2.05) is 19.1 Å². The SMILES string of the molecule is Cc1ccc(CN(C)C(=O)N2CCSCC2CC(=O)O)o1. The Morgan fingerprint density at radius 3 is 2.90 bits per heavy atom. The maximum atomic E-state index is 12.5. The number of hydrogen-bond acceptors (Lipinski definition) is 4. The third kappa shape index (κ3) is 4.17. The number of thioether (sulfide) groups is 1. The fourth-order valence-corrected chi connectivity index (χ4v) is 3.43. The second kappa shape index (κ2) is 6.89. The second-order valence-corrected chi connectivity index (χ2v) is 6.32. The largest absolute Gasteiger partial charge is 0.481 e. The summed E-state index contributed by atoms with van der Waals surface area (Å²) in [6.07, 6.45) is -0.00750. The third-order valence-corrected chi connectivity index (χ3v) is 4.49. The maximum absolute atomic E-state index is 12.5. The molecule has 0 radical (unpaired) electrons. The van der Waals surface area contributed by atoms with Crippen LogP contribution in [0, 0.1) is 6.92 Å². The minimum absolute atomic E-state index is 0.00750. The predicted octanol–water partition coefficient (Wildman–Crippen LogP) is 2.03. The quantitative estimate of drug-likeness (QED) is 0.921. The van der Waals surface area contributed by atoms with Gasteiger partial charge in [0.1, 0.15) is 11.5 Å². The minimum atomic E-state index is -0.871. The average Bonchev–Trinajstić information content (AvgIpc) is 2.83. The van der Waals surface area contributed by atoms with Gasteiger partial charge < -0.3 is 19.3 Å². The molecule has 1 aliphatic heterocycles. The Bertz CT molecular complexity index is 517. The van der Waals surface area contributed by atoms with Crippen molar-refractivity contribution in [2.24, 2.45) is 0 Å². The van der Waals surface area contributed by atoms with Crippen LogP contribution in [0.3, 0.4) is 0 Å². The lowest BCUT2D eigenvalue weighted by Gasteiger charge is -2.37. The number of carbonyl (C=O) groups is 2. The standard InChI is InChI=1S/C14H20N2O4S/c1-10-3-4-12(20-10)8-15(2)14(19)16-5-6-21-9-11(16)7-13(17)18/h3-4,11H,5-9H2,1-2H3,(H,17,18). The second-order valence-electron chi connectivity index (χ2n) is 5.17. The van der Waals surface area contributed by atoms with Crippen molar-refractivity contribution >= 4 is 23.8 Å². The van der Waals surface area contributed by atoms with Crippen molar-refractivity contribution in [2.75, 3.05) is 25.1 Å². The van der Waals surface area contributed by atoms with E-state index >= 15 is 0 Å². The monoisotopic (exact) mass is 312 g/mol. The Balaban J connectivity index is 2.00. The smallest absolute Gasteiger partial charge is 0.320 e. The van der Waals surface area contributed by atoms with Gasteiger partial charge in [-0.25, -0.2) is 4.79 Å². The summed E-state index contributed by atoms with van der Waals surface area (Å²) in [4.78, 5) is 26.7. The molecule has 1 unspecified atom stereocenters. The lowest BCUT2D eigenvalue weighted by atomic mass is 10.2. The molecule has 2 heterocycles. The van der Waals surface area contributed by atoms with E-state index in [4.69, 9.17) is 9.52 Å². The van der Waals surface area contributed by atoms with Crippen molar-refractivity contribution < 1.29 is 19.1 Å². The zero-order valence-electron chi connectivity index (χ0n) is 12.2. The first-order valence-electron chi connectivity index (χ1n) is 6.84. The molecule has 2 amide bonds. The van der Waals surface area contributed by atoms with Crippen molar-refractivity contribution in [2.45, 2.75) is 25.9 Å². The topological polar surface area (TPSA) is 74.0 Å². The minimum Gasteiger partial charge on any atom is -0.481 e. The van der Waals surface area contributed by atoms with Crippen molar-refractivity contribution in [3.63, 3.8) is 0 Å². The molecule has 1 aromatic rings. The first-order valence-corrected chi connectivity index (χ1v) is 7.99. The molecule has 0 aromatic carbocycles. The van der Waals surface area contributed by atoms with E-state index in [-0.39, 0.29) is 18.5 Å². The summed E-state index contributed by atoms with van der Waals surface area (Å²) in [5.41, 5.74) is 0. The van der Waals surface area contributed by atoms with Crippen LogP contribution in [0.1, 0.15) is 17.9 Å². The zero-order chi connectivity index (χ0) is 15.4. The summed E-state index contributed by atoms with van der Waals surface area (Å²) in [6.45, 7) is 2.83. The Morgan fingerprint density at radius 2 is 2.29 bits per heavy atom. The summed E-state index contributed by atoms with van der Waals surface area (Å²) in [5.74, 6) is 2.18. The highest BCUT2D eigenvalue weighted by atomic mass is 32.2. The summed E-state index contributed by atoms with van der Waals surface area (Å²) in [5, 5.41) is 8.97. The van der Waals surface area contributed by atoms with E-state index in [0.29, 0.717) is 18.8 Å². The third-order valence-electron chi connectivity index (χ3n) is 3.40. The van der Waals surface area contributed by atoms with Crippen LogP contribution in [-0.2, 0) is 11.3 Å². The normalized spacial score (nSPS) is 18.6. The molecule has 116 valence electrons. The molecule has 21 heavy (non-hydrogen) atoms. The molecule has 1 aromatic heterocycles. The van der Waals surface area contributed by atoms with E-state index in [2.05, 4.69) is 0 Å². The van der Waals surface area contributed by atoms with Gasteiger partial charge >= 0.3 is 12.0 Å². The Kier molecular flexibility index (Phi) is 5.17. The number of hydrogen-bond donors (Lipinski definition) is 1. The van der Waals surface area contributed by atoms with Crippen LogP contribution in [0.2, 0.25) is 0 Å². The summed E-state index contributed by atoms with van der Waals surface area (Å²) < 4.78 is 5.47. The molecule has 2 rings (SSSR count). The highest BCUT2D eigenvalue weighted by Crippen LogP contribution is 2.21. The van der Waals surface area contributed by atoms with Crippen LogP contribution in [0.25, 0.3) is 0 Å². The molecule has 6 nitrogen and oxygen atoms in total. The number of carboxylic acids is 1. The maximum Gasteiger partial charge on any atom is 0.320 e. The molecule has 0 saturated carbocycles. The molecule has 1 atom stereocenters. The van der Waals surface area contributed by atoms with Gasteiger partial charge in [-0.1, -0.05) is 0 Å². The number of aryl methyl sites for hydroxylation is 1. The number of carboxylic acid groups (broad SMARTS) is 1. The number of rotatable bonds is 4. The number of nitrogens with zero attached hydrogens (tertiary/aromatic N) is 2. The average molecular weight is 312 g/mol. The van der Waals surface area contributed by atoms with Gasteiger partial charge in [0.15, 0.2) is 0 Å². The molecular formula is C14H20N2O4S. The Labute approximate surface area is 128 Å². The van der Waals surface area contributed by atoms with E-state index in [1.54, 1.807) is 28.6 Å². The van der Waals surface area contributed by atoms with Gasteiger partial charge in [0, 0.05) is 25.1 Å². The number of aliphatic carboxylic acids is 1. The van der Waals surface area contributed by atoms with Gasteiger partial charge in [0.05, 0.1) is 19.0 Å². The summed E-state index contributed by atoms with van der Waals surface area (Å²) in [7, 11) is 1.71. The van der Waals surface area contributed by atoms with Crippen molar-refractivity contribution in [3.05, 3.63) is 23.7 Å². The van der Waals surface area contributed by atoms with Gasteiger partial charge in [0.2, 0.25) is 0 Å². The van der Waals surface area contributed by atoms with Gasteiger partial charge in [-0.15, -0.1) is 0 Å². The Morgan fingerprint density at radius 1 is 1.52 bits per heavy atom. The fraction of sp³-hybridized carbons (Fsp3) is 0.571. The Hall–Kier alpha value is -1.63. The van der Waals surface area contributed by atoms with Crippen LogP contribution in [0.5, 0.6) is 0 Å². The molecule has 7 heteroatoms. The molecule has 0 bridgehead atoms. The van der Waals surface area contributed by atoms with Gasteiger partial charge in [-0.2, -0.15) is 11.8 Å². The van der Waals surface area contributed by atoms with E-state index < -0.39 is 5.97 Å². The van der Waals surface area contributed by atoms with Crippen LogP contribution in [-0.4, -0.2) is 58.0 Å². The first-order chi connectivity index (χ1) is 9.97. The highest BCUT2D eigenvalue weighted by Gasteiger charge is 2.30. The first kappa shape index (κ1) is 15.8. The molecule has 0 aliphatic carbocycles. The van der Waals surface area contributed by atoms with E-state index in [0.717, 1.165) is 17.3 Å². The van der Waals surface area contributed by atoms with Crippen LogP contribution in [0.15, 0.2) is 16.5 Å². The van der Waals surface area contributed by atoms with Gasteiger partial charge in [-0.3, -0.25) is 4.79 Å². The van der Waals surface area contributed by atoms with Crippen LogP contribution in [0.4, 0.5) is 4.79 Å². The molecular weight excluding hydrogens is 292 g/mol. The van der Waals surface area contributed by atoms with Crippen molar-refractivity contribution in [1.82, 2.24) is 9.80 Å². The summed E-state index contributed by atoms with van der Waals surface area (Å²) in [6, 6.07) is 3.32. The van der Waals surface area contributed by atoms with Crippen molar-refractivity contribution in [1.29, 1.82) is 0 Å². The fourth-order valence-electron chi connectivity index (χ4n) is 2.37. The lowest BCUT2D eigenvalue weighted by molar-refractivity contribution is -0.138. The van der Waals surface area contributed by atoms with Crippen LogP contribution >= 0.6 is 11.8 Å². The van der Waals surface area contributed by atoms with Gasteiger partial charge in [-0.05, 0) is 19.1 Å². The number of carbonyl (C=O) groups excluding carboxylic acids is 1. The van der Waals surface area contributed by atoms with Gasteiger partial charge in [0.25, 0.3) is 0 Å². The predicted molar refractivity (Wildman–Crippen MR) is 80.4 cm³/mol. The highest BCUT2D eigenvalue weighted by molar-refractivity contribution is 7.99. The zero-order valence-corrected chi connectivity index (χ0v) is 13.1. The molecule has 0 spiro atoms. The lowest BCUT2D eigenvalue weighted by Crippen LogP contribution is -2.51.